The Morgan fingerprint density at radius 1 is 1.21 bits per heavy atom. The van der Waals surface area contributed by atoms with E-state index in [9.17, 15) is 4.79 Å². The summed E-state index contributed by atoms with van der Waals surface area (Å²) in [5, 5.41) is 15.5. The SMILES string of the molecule is C/C(=N\Nc1nnc(SCC(=O)Nc2cc(C)ccc2C)n1N)c1ccncc1. The number of hydrogen-bond acceptors (Lipinski definition) is 8. The lowest BCUT2D eigenvalue weighted by atomic mass is 10.1. The lowest BCUT2D eigenvalue weighted by Gasteiger charge is -2.09. The Bertz CT molecular complexity index is 1030. The van der Waals surface area contributed by atoms with E-state index in [-0.39, 0.29) is 17.6 Å². The molecule has 4 N–H and O–H groups in total. The molecule has 0 aliphatic carbocycles. The molecular formula is C19H22N8OS. The number of amides is 1. The Morgan fingerprint density at radius 3 is 2.72 bits per heavy atom. The number of aryl methyl sites for hydroxylation is 2. The Morgan fingerprint density at radius 2 is 1.97 bits per heavy atom. The molecule has 1 aromatic carbocycles. The number of hydrogen-bond donors (Lipinski definition) is 3. The molecule has 0 saturated heterocycles. The average molecular weight is 411 g/mol. The molecule has 0 bridgehead atoms. The zero-order valence-electron chi connectivity index (χ0n) is 16.4. The molecule has 0 atom stereocenters. The summed E-state index contributed by atoms with van der Waals surface area (Å²) in [5.41, 5.74) is 7.35. The van der Waals surface area contributed by atoms with Crippen molar-refractivity contribution in [3.63, 3.8) is 0 Å². The molecule has 0 aliphatic heterocycles. The molecular weight excluding hydrogens is 388 g/mol. The second-order valence-electron chi connectivity index (χ2n) is 6.38. The fourth-order valence-electron chi connectivity index (χ4n) is 2.43. The van der Waals surface area contributed by atoms with Crippen molar-refractivity contribution in [1.82, 2.24) is 19.9 Å². The van der Waals surface area contributed by atoms with E-state index in [2.05, 4.69) is 31.0 Å². The van der Waals surface area contributed by atoms with Crippen LogP contribution in [0.5, 0.6) is 0 Å². The van der Waals surface area contributed by atoms with Gasteiger partial charge in [-0.2, -0.15) is 5.10 Å². The summed E-state index contributed by atoms with van der Waals surface area (Å²) in [6, 6.07) is 9.62. The van der Waals surface area contributed by atoms with Gasteiger partial charge in [0.2, 0.25) is 11.1 Å². The summed E-state index contributed by atoms with van der Waals surface area (Å²) in [6.07, 6.45) is 3.38. The van der Waals surface area contributed by atoms with E-state index in [4.69, 9.17) is 5.84 Å². The Hall–Kier alpha value is -3.40. The van der Waals surface area contributed by atoms with Gasteiger partial charge < -0.3 is 11.2 Å². The number of pyridine rings is 1. The molecule has 3 aromatic rings. The zero-order valence-corrected chi connectivity index (χ0v) is 17.2. The van der Waals surface area contributed by atoms with E-state index < -0.39 is 0 Å². The fourth-order valence-corrected chi connectivity index (χ4v) is 3.09. The van der Waals surface area contributed by atoms with Crippen molar-refractivity contribution in [1.29, 1.82) is 0 Å². The maximum atomic E-state index is 12.3. The number of nitrogens with two attached hydrogens (primary N) is 1. The highest BCUT2D eigenvalue weighted by molar-refractivity contribution is 7.99. The highest BCUT2D eigenvalue weighted by atomic mass is 32.2. The van der Waals surface area contributed by atoms with Crippen LogP contribution >= 0.6 is 11.8 Å². The van der Waals surface area contributed by atoms with Gasteiger partial charge in [-0.15, -0.1) is 10.2 Å². The predicted octanol–water partition coefficient (Wildman–Crippen LogP) is 2.57. The number of carbonyl (C=O) groups excluding carboxylic acids is 1. The third kappa shape index (κ3) is 5.32. The Kier molecular flexibility index (Phi) is 6.45. The minimum Gasteiger partial charge on any atom is -0.334 e. The zero-order chi connectivity index (χ0) is 20.8. The first-order valence-corrected chi connectivity index (χ1v) is 9.83. The van der Waals surface area contributed by atoms with Crippen molar-refractivity contribution in [3.8, 4) is 0 Å². The summed E-state index contributed by atoms with van der Waals surface area (Å²) in [6.45, 7) is 5.78. The van der Waals surface area contributed by atoms with Gasteiger partial charge >= 0.3 is 0 Å². The summed E-state index contributed by atoms with van der Waals surface area (Å²) >= 11 is 1.19. The van der Waals surface area contributed by atoms with Crippen molar-refractivity contribution in [3.05, 3.63) is 59.4 Å². The molecule has 0 saturated carbocycles. The first-order chi connectivity index (χ1) is 13.9. The topological polar surface area (TPSA) is 123 Å². The standard InChI is InChI=1S/C19H22N8OS/c1-12-4-5-13(2)16(10-12)22-17(28)11-29-19-26-25-18(27(19)20)24-23-14(3)15-6-8-21-9-7-15/h4-10H,11,20H2,1-3H3,(H,22,28)(H,24,25)/b23-14+. The van der Waals surface area contributed by atoms with Crippen LogP contribution in [0, 0.1) is 13.8 Å². The molecule has 1 amide bonds. The predicted molar refractivity (Wildman–Crippen MR) is 116 cm³/mol. The van der Waals surface area contributed by atoms with Crippen LogP contribution in [0.25, 0.3) is 0 Å². The molecule has 29 heavy (non-hydrogen) atoms. The molecule has 2 heterocycles. The number of rotatable bonds is 7. The Labute approximate surface area is 172 Å². The second-order valence-corrected chi connectivity index (χ2v) is 7.32. The second kappa shape index (κ2) is 9.20. The fraction of sp³-hybridized carbons (Fsp3) is 0.211. The first-order valence-electron chi connectivity index (χ1n) is 8.85. The van der Waals surface area contributed by atoms with Crippen LogP contribution < -0.4 is 16.6 Å². The van der Waals surface area contributed by atoms with Gasteiger partial charge in [-0.3, -0.25) is 9.78 Å². The summed E-state index contributed by atoms with van der Waals surface area (Å²) in [4.78, 5) is 16.2. The van der Waals surface area contributed by atoms with Crippen LogP contribution in [0.2, 0.25) is 0 Å². The van der Waals surface area contributed by atoms with E-state index in [0.717, 1.165) is 28.1 Å². The summed E-state index contributed by atoms with van der Waals surface area (Å²) in [5.74, 6) is 6.29. The summed E-state index contributed by atoms with van der Waals surface area (Å²) < 4.78 is 1.26. The van der Waals surface area contributed by atoms with Crippen LogP contribution in [-0.2, 0) is 4.79 Å². The molecule has 0 aliphatic rings. The monoisotopic (exact) mass is 410 g/mol. The van der Waals surface area contributed by atoms with Crippen LogP contribution in [0.1, 0.15) is 23.6 Å². The number of benzene rings is 1. The van der Waals surface area contributed by atoms with Crippen molar-refractivity contribution < 1.29 is 4.79 Å². The minimum atomic E-state index is -0.146. The van der Waals surface area contributed by atoms with E-state index >= 15 is 0 Å². The van der Waals surface area contributed by atoms with E-state index in [1.54, 1.807) is 12.4 Å². The number of carbonyl (C=O) groups is 1. The number of aromatic nitrogens is 4. The van der Waals surface area contributed by atoms with Crippen LogP contribution in [0.15, 0.2) is 53.0 Å². The third-order valence-electron chi connectivity index (χ3n) is 4.09. The number of thioether (sulfide) groups is 1. The van der Waals surface area contributed by atoms with Gasteiger partial charge in [0.15, 0.2) is 0 Å². The van der Waals surface area contributed by atoms with Crippen LogP contribution in [0.4, 0.5) is 11.6 Å². The van der Waals surface area contributed by atoms with Gasteiger partial charge in [0.25, 0.3) is 5.95 Å². The number of anilines is 2. The third-order valence-corrected chi connectivity index (χ3v) is 5.03. The van der Waals surface area contributed by atoms with Crippen molar-refractivity contribution in [2.24, 2.45) is 5.10 Å². The van der Waals surface area contributed by atoms with Crippen LogP contribution in [-0.4, -0.2) is 37.2 Å². The maximum absolute atomic E-state index is 12.3. The van der Waals surface area contributed by atoms with E-state index in [0.29, 0.717) is 5.16 Å². The number of nitrogens with zero attached hydrogens (tertiary/aromatic N) is 5. The van der Waals surface area contributed by atoms with Gasteiger partial charge in [0.1, 0.15) is 0 Å². The molecule has 150 valence electrons. The molecule has 2 aromatic heterocycles. The number of nitrogen functional groups attached to an aromatic ring is 1. The lowest BCUT2D eigenvalue weighted by molar-refractivity contribution is -0.113. The van der Waals surface area contributed by atoms with Gasteiger partial charge in [-0.05, 0) is 50.1 Å². The van der Waals surface area contributed by atoms with Crippen molar-refractivity contribution in [2.45, 2.75) is 25.9 Å². The van der Waals surface area contributed by atoms with Crippen LogP contribution in [0.3, 0.4) is 0 Å². The van der Waals surface area contributed by atoms with Gasteiger partial charge in [0, 0.05) is 23.6 Å². The van der Waals surface area contributed by atoms with Gasteiger partial charge in [-0.25, -0.2) is 10.1 Å². The highest BCUT2D eigenvalue weighted by Gasteiger charge is 2.13. The molecule has 10 heteroatoms. The molecule has 0 radical (unpaired) electrons. The molecule has 0 unspecified atom stereocenters. The van der Waals surface area contributed by atoms with E-state index in [1.165, 1.54) is 16.4 Å². The normalized spacial score (nSPS) is 11.3. The number of hydrazone groups is 1. The molecule has 9 nitrogen and oxygen atoms in total. The number of nitrogens with one attached hydrogen (secondary N) is 2. The smallest absolute Gasteiger partial charge is 0.264 e. The lowest BCUT2D eigenvalue weighted by Crippen LogP contribution is -2.17. The maximum Gasteiger partial charge on any atom is 0.264 e. The molecule has 3 rings (SSSR count). The average Bonchev–Trinajstić information content (AvgIpc) is 3.07. The minimum absolute atomic E-state index is 0.146. The molecule has 0 spiro atoms. The molecule has 0 fully saturated rings. The summed E-state index contributed by atoms with van der Waals surface area (Å²) in [7, 11) is 0. The Balaban J connectivity index is 1.58. The van der Waals surface area contributed by atoms with Gasteiger partial charge in [-0.1, -0.05) is 23.9 Å². The van der Waals surface area contributed by atoms with Gasteiger partial charge in [0.05, 0.1) is 11.5 Å². The van der Waals surface area contributed by atoms with Crippen molar-refractivity contribution in [2.75, 3.05) is 22.3 Å². The quantitative estimate of drug-likeness (QED) is 0.237. The first kappa shape index (κ1) is 20.3. The highest BCUT2D eigenvalue weighted by Crippen LogP contribution is 2.19. The largest absolute Gasteiger partial charge is 0.334 e. The van der Waals surface area contributed by atoms with E-state index in [1.807, 2.05) is 51.1 Å². The van der Waals surface area contributed by atoms with Crippen molar-refractivity contribution >= 4 is 35.0 Å².